The molecule has 1 aromatic carbocycles. The van der Waals surface area contributed by atoms with Crippen LogP contribution >= 0.6 is 0 Å². The van der Waals surface area contributed by atoms with Crippen LogP contribution in [0.15, 0.2) is 48.7 Å². The van der Waals surface area contributed by atoms with E-state index in [1.54, 1.807) is 0 Å². The van der Waals surface area contributed by atoms with Gasteiger partial charge in [-0.15, -0.1) is 0 Å². The fourth-order valence-corrected chi connectivity index (χ4v) is 2.54. The van der Waals surface area contributed by atoms with E-state index in [4.69, 9.17) is 0 Å². The van der Waals surface area contributed by atoms with Crippen molar-refractivity contribution < 1.29 is 4.24 Å². The lowest BCUT2D eigenvalue weighted by Gasteiger charge is -2.05. The highest BCUT2D eigenvalue weighted by Gasteiger charge is 2.04. The second-order valence-corrected chi connectivity index (χ2v) is 4.68. The highest BCUT2D eigenvalue weighted by Crippen LogP contribution is 2.05. The Morgan fingerprint density at radius 3 is 2.89 bits per heavy atom. The van der Waals surface area contributed by atoms with Crippen molar-refractivity contribution in [3.05, 3.63) is 82.3 Å². The Morgan fingerprint density at radius 1 is 1.17 bits per heavy atom. The number of aryl methyl sites for hydroxylation is 1. The van der Waals surface area contributed by atoms with E-state index in [9.17, 15) is 0 Å². The highest BCUT2D eigenvalue weighted by atomic mass is 14.8. The van der Waals surface area contributed by atoms with E-state index in [2.05, 4.69) is 56.1 Å². The van der Waals surface area contributed by atoms with Crippen molar-refractivity contribution in [3.8, 4) is 0 Å². The molecule has 1 nitrogen and oxygen atoms in total. The van der Waals surface area contributed by atoms with Crippen molar-refractivity contribution >= 4 is 6.08 Å². The molecule has 0 N–H and O–H groups in total. The van der Waals surface area contributed by atoms with Crippen LogP contribution in [0.3, 0.4) is 0 Å². The molecule has 0 atom stereocenters. The Labute approximate surface area is 106 Å². The summed E-state index contributed by atoms with van der Waals surface area (Å²) < 4.78 is 1.94. The molecule has 0 fully saturated rings. The summed E-state index contributed by atoms with van der Waals surface area (Å²) >= 11 is 0. The van der Waals surface area contributed by atoms with E-state index >= 15 is 0 Å². The number of rotatable bonds is 0. The Bertz CT molecular complexity index is 829. The van der Waals surface area contributed by atoms with Crippen LogP contribution in [0.4, 0.5) is 0 Å². The largest absolute Gasteiger partial charge is 0.218 e. The van der Waals surface area contributed by atoms with Gasteiger partial charge in [-0.3, -0.25) is 0 Å². The van der Waals surface area contributed by atoms with Gasteiger partial charge in [0, 0.05) is 12.1 Å². The molecule has 1 heterocycles. The van der Waals surface area contributed by atoms with Crippen LogP contribution < -0.4 is 9.46 Å². The second-order valence-electron chi connectivity index (χ2n) is 4.68. The van der Waals surface area contributed by atoms with Crippen molar-refractivity contribution in [3.63, 3.8) is 0 Å². The minimum atomic E-state index is 1.02. The van der Waals surface area contributed by atoms with E-state index in [1.165, 1.54) is 26.9 Å². The van der Waals surface area contributed by atoms with Crippen molar-refractivity contribution in [2.45, 2.75) is 13.3 Å². The van der Waals surface area contributed by atoms with Crippen molar-refractivity contribution in [2.75, 3.05) is 0 Å². The molecule has 2 aromatic rings. The van der Waals surface area contributed by atoms with Gasteiger partial charge in [0.25, 0.3) is 0 Å². The molecule has 0 bridgehead atoms. The number of hydrogen-bond donors (Lipinski definition) is 0. The maximum Gasteiger partial charge on any atom is 0.218 e. The summed E-state index contributed by atoms with van der Waals surface area (Å²) in [5, 5.41) is 3.80. The number of hydrogen-bond acceptors (Lipinski definition) is 0. The molecule has 0 spiro atoms. The Balaban J connectivity index is 2.70. The van der Waals surface area contributed by atoms with E-state index in [1.807, 2.05) is 16.5 Å². The monoisotopic (exact) mass is 234 g/mol. The summed E-state index contributed by atoms with van der Waals surface area (Å²) in [4.78, 5) is 0. The lowest BCUT2D eigenvalue weighted by molar-refractivity contribution is -0.510. The Hall–Kier alpha value is -2.15. The second kappa shape index (κ2) is 4.26. The first-order chi connectivity index (χ1) is 8.77. The average molecular weight is 234 g/mol. The first kappa shape index (κ1) is 11.0. The van der Waals surface area contributed by atoms with Crippen molar-refractivity contribution in [2.24, 2.45) is 0 Å². The van der Waals surface area contributed by atoms with Gasteiger partial charge in [-0.05, 0) is 35.8 Å². The fraction of sp³-hybridized carbons (Fsp3) is 0.118. The molecular weight excluding hydrogens is 218 g/mol. The minimum absolute atomic E-state index is 1.02. The third-order valence-electron chi connectivity index (χ3n) is 3.48. The quantitative estimate of drug-likeness (QED) is 0.616. The molecule has 18 heavy (non-hydrogen) atoms. The topological polar surface area (TPSA) is 5.90 Å². The normalized spacial score (nSPS) is 14.9. The zero-order valence-electron chi connectivity index (χ0n) is 10.6. The predicted octanol–water partition coefficient (Wildman–Crippen LogP) is 2.10. The Morgan fingerprint density at radius 2 is 2.06 bits per heavy atom. The number of allylic oxidation sites excluding steroid dienone is 2. The average Bonchev–Trinajstić information content (AvgIpc) is 2.40. The lowest BCUT2D eigenvalue weighted by Crippen LogP contribution is -2.21. The molecule has 0 amide bonds. The molecule has 0 saturated heterocycles. The summed E-state index contributed by atoms with van der Waals surface area (Å²) in [6, 6.07) is 10.6. The van der Waals surface area contributed by atoms with Gasteiger partial charge in [0.05, 0.1) is 5.22 Å². The summed E-state index contributed by atoms with van der Waals surface area (Å²) in [6.45, 7) is 6.23. The van der Waals surface area contributed by atoms with Crippen LogP contribution in [0.5, 0.6) is 0 Å². The molecule has 1 aliphatic rings. The summed E-state index contributed by atoms with van der Waals surface area (Å²) in [6.07, 6.45) is 9.55. The summed E-state index contributed by atoms with van der Waals surface area (Å²) in [5.41, 5.74) is 2.69. The number of benzene rings is 1. The van der Waals surface area contributed by atoms with Crippen LogP contribution in [0, 0.1) is 24.2 Å². The standard InChI is InChI=1S/C17H16N/c1-13-10-11-14-7-3-4-8-15(14)17(13)16-9-5-6-12-18(16)2/h3-6,8-12H,2,7H2,1H3/q+1/b17-16+. The zero-order valence-corrected chi connectivity index (χ0v) is 10.6. The van der Waals surface area contributed by atoms with Crippen LogP contribution in [-0.2, 0) is 6.42 Å². The molecule has 1 aliphatic carbocycles. The lowest BCUT2D eigenvalue weighted by atomic mass is 9.99. The van der Waals surface area contributed by atoms with E-state index in [0.29, 0.717) is 0 Å². The van der Waals surface area contributed by atoms with Gasteiger partial charge in [0.15, 0.2) is 6.20 Å². The van der Waals surface area contributed by atoms with Gasteiger partial charge >= 0.3 is 0 Å². The number of pyridine rings is 1. The summed E-state index contributed by atoms with van der Waals surface area (Å²) in [7, 11) is 0. The van der Waals surface area contributed by atoms with Crippen LogP contribution in [0.2, 0.25) is 0 Å². The van der Waals surface area contributed by atoms with Gasteiger partial charge in [0.1, 0.15) is 6.72 Å². The zero-order chi connectivity index (χ0) is 12.5. The molecule has 1 aromatic heterocycles. The molecular formula is C17H16N+. The van der Waals surface area contributed by atoms with E-state index < -0.39 is 0 Å². The first-order valence-corrected chi connectivity index (χ1v) is 6.21. The SMILES string of the molecule is C=[n+]1cccc/c1=c1/c(C)ccc2c1=CC=CC2. The number of nitrogens with zero attached hydrogens (tertiary/aromatic N) is 1. The number of aromatic nitrogens is 1. The van der Waals surface area contributed by atoms with Gasteiger partial charge < -0.3 is 0 Å². The Kier molecular flexibility index (Phi) is 2.60. The number of fused-ring (bicyclic) bond motifs is 1. The van der Waals surface area contributed by atoms with Gasteiger partial charge in [-0.1, -0.05) is 30.4 Å². The maximum atomic E-state index is 4.07. The van der Waals surface area contributed by atoms with Crippen LogP contribution in [-0.4, -0.2) is 0 Å². The molecule has 0 radical (unpaired) electrons. The fourth-order valence-electron chi connectivity index (χ4n) is 2.54. The molecule has 3 rings (SSSR count). The van der Waals surface area contributed by atoms with E-state index in [0.717, 1.165) is 6.42 Å². The molecule has 88 valence electrons. The highest BCUT2D eigenvalue weighted by molar-refractivity contribution is 5.46. The minimum Gasteiger partial charge on any atom is -0.174 e. The van der Waals surface area contributed by atoms with Gasteiger partial charge in [-0.2, -0.15) is 4.24 Å². The van der Waals surface area contributed by atoms with Crippen molar-refractivity contribution in [1.82, 2.24) is 0 Å². The molecule has 0 saturated carbocycles. The summed E-state index contributed by atoms with van der Waals surface area (Å²) in [5.74, 6) is 0. The molecule has 1 heteroatoms. The molecule has 0 unspecified atom stereocenters. The third-order valence-corrected chi connectivity index (χ3v) is 3.48. The van der Waals surface area contributed by atoms with Gasteiger partial charge in [-0.25, -0.2) is 0 Å². The smallest absolute Gasteiger partial charge is 0.174 e. The maximum absolute atomic E-state index is 4.07. The van der Waals surface area contributed by atoms with Gasteiger partial charge in [0.2, 0.25) is 5.35 Å². The van der Waals surface area contributed by atoms with Crippen LogP contribution in [0.1, 0.15) is 11.1 Å². The molecule has 0 aliphatic heterocycles. The predicted molar refractivity (Wildman–Crippen MR) is 73.2 cm³/mol. The van der Waals surface area contributed by atoms with E-state index in [-0.39, 0.29) is 0 Å². The van der Waals surface area contributed by atoms with Crippen molar-refractivity contribution in [1.29, 1.82) is 0 Å². The van der Waals surface area contributed by atoms with Crippen LogP contribution in [0.25, 0.3) is 6.08 Å². The first-order valence-electron chi connectivity index (χ1n) is 6.21. The third kappa shape index (κ3) is 1.68.